The molecular formula is C22H28N4O2S2Si. The lowest BCUT2D eigenvalue weighted by Gasteiger charge is -2.36. The zero-order chi connectivity index (χ0) is 22.4. The second-order valence-electron chi connectivity index (χ2n) is 9.06. The Bertz CT molecular complexity index is 1260. The van der Waals surface area contributed by atoms with Crippen LogP contribution in [0, 0.1) is 0 Å². The predicted octanol–water partition coefficient (Wildman–Crippen LogP) is 5.32. The van der Waals surface area contributed by atoms with Crippen molar-refractivity contribution < 1.29 is 8.63 Å². The van der Waals surface area contributed by atoms with E-state index < -0.39 is 19.1 Å². The van der Waals surface area contributed by atoms with E-state index in [1.54, 1.807) is 6.20 Å². The van der Waals surface area contributed by atoms with Crippen LogP contribution in [0.1, 0.15) is 20.8 Å². The Balaban J connectivity index is 1.67. The Morgan fingerprint density at radius 1 is 1.23 bits per heavy atom. The maximum absolute atomic E-state index is 13.1. The number of fused-ring (bicyclic) bond motifs is 3. The van der Waals surface area contributed by atoms with Crippen LogP contribution in [-0.2, 0) is 15.2 Å². The van der Waals surface area contributed by atoms with Crippen molar-refractivity contribution in [1.82, 2.24) is 14.4 Å². The van der Waals surface area contributed by atoms with Crippen LogP contribution in [0.15, 0.2) is 46.9 Å². The molecule has 9 heteroatoms. The number of imidazole rings is 1. The van der Waals surface area contributed by atoms with Crippen LogP contribution in [0.2, 0.25) is 18.1 Å². The number of rotatable bonds is 6. The molecule has 4 rings (SSSR count). The van der Waals surface area contributed by atoms with Crippen LogP contribution < -0.4 is 5.73 Å². The van der Waals surface area contributed by atoms with Gasteiger partial charge in [-0.15, -0.1) is 11.3 Å². The number of aromatic nitrogens is 3. The summed E-state index contributed by atoms with van der Waals surface area (Å²) in [4.78, 5) is 10.1. The van der Waals surface area contributed by atoms with Crippen molar-refractivity contribution in [3.63, 3.8) is 0 Å². The van der Waals surface area contributed by atoms with Crippen molar-refractivity contribution in [3.05, 3.63) is 42.7 Å². The molecule has 2 N–H and O–H groups in total. The Morgan fingerprint density at radius 2 is 1.94 bits per heavy atom. The van der Waals surface area contributed by atoms with Crippen LogP contribution in [0.4, 0.5) is 5.69 Å². The van der Waals surface area contributed by atoms with Crippen LogP contribution >= 0.6 is 11.3 Å². The molecular weight excluding hydrogens is 444 g/mol. The van der Waals surface area contributed by atoms with E-state index in [2.05, 4.69) is 38.8 Å². The third kappa shape index (κ3) is 4.07. The van der Waals surface area contributed by atoms with Gasteiger partial charge in [0.15, 0.2) is 14.0 Å². The topological polar surface area (TPSA) is 82.5 Å². The Hall–Kier alpha value is -2.07. The van der Waals surface area contributed by atoms with Crippen molar-refractivity contribution in [3.8, 4) is 11.4 Å². The van der Waals surface area contributed by atoms with Crippen molar-refractivity contribution in [1.29, 1.82) is 0 Å². The maximum Gasteiger partial charge on any atom is 0.192 e. The summed E-state index contributed by atoms with van der Waals surface area (Å²) in [7, 11) is -3.14. The van der Waals surface area contributed by atoms with Crippen LogP contribution in [-0.4, -0.2) is 39.3 Å². The predicted molar refractivity (Wildman–Crippen MR) is 133 cm³/mol. The van der Waals surface area contributed by atoms with Gasteiger partial charge in [0.1, 0.15) is 14.9 Å². The average Bonchev–Trinajstić information content (AvgIpc) is 3.31. The molecule has 0 saturated heterocycles. The second-order valence-corrected chi connectivity index (χ2v) is 16.6. The summed E-state index contributed by atoms with van der Waals surface area (Å²) >= 11 is 1.39. The quantitative estimate of drug-likeness (QED) is 0.384. The number of nitrogens with two attached hydrogens (primary N) is 1. The van der Waals surface area contributed by atoms with Gasteiger partial charge in [-0.3, -0.25) is 8.61 Å². The molecule has 0 saturated carbocycles. The van der Waals surface area contributed by atoms with Gasteiger partial charge in [0, 0.05) is 24.6 Å². The van der Waals surface area contributed by atoms with Gasteiger partial charge in [0.05, 0.1) is 27.6 Å². The van der Waals surface area contributed by atoms with E-state index in [0.717, 1.165) is 27.3 Å². The van der Waals surface area contributed by atoms with E-state index in [9.17, 15) is 4.21 Å². The van der Waals surface area contributed by atoms with Crippen molar-refractivity contribution in [2.75, 3.05) is 18.1 Å². The first-order chi connectivity index (χ1) is 14.6. The first-order valence-corrected chi connectivity index (χ1v) is 15.3. The molecule has 1 atom stereocenters. The van der Waals surface area contributed by atoms with E-state index in [4.69, 9.17) is 15.1 Å². The fourth-order valence-corrected chi connectivity index (χ4v) is 6.80. The number of nitrogen functional groups attached to an aromatic ring is 1. The number of benzene rings is 1. The molecule has 0 bridgehead atoms. The summed E-state index contributed by atoms with van der Waals surface area (Å²) < 4.78 is 21.9. The van der Waals surface area contributed by atoms with Crippen molar-refractivity contribution in [2.24, 2.45) is 0 Å². The highest BCUT2D eigenvalue weighted by atomic mass is 32.2. The fraction of sp³-hybridized carbons (Fsp3) is 0.364. The zero-order valence-electron chi connectivity index (χ0n) is 18.5. The van der Waals surface area contributed by atoms with Crippen molar-refractivity contribution in [2.45, 2.75) is 43.1 Å². The van der Waals surface area contributed by atoms with E-state index in [-0.39, 0.29) is 5.04 Å². The lowest BCUT2D eigenvalue weighted by atomic mass is 10.2. The lowest BCUT2D eigenvalue weighted by Crippen LogP contribution is -2.41. The summed E-state index contributed by atoms with van der Waals surface area (Å²) in [6, 6.07) is 9.97. The number of thiophene rings is 1. The first-order valence-electron chi connectivity index (χ1n) is 10.2. The van der Waals surface area contributed by atoms with Crippen LogP contribution in [0.5, 0.6) is 0 Å². The van der Waals surface area contributed by atoms with E-state index in [0.29, 0.717) is 22.3 Å². The molecule has 4 aromatic rings. The molecule has 1 aromatic carbocycles. The Kier molecular flexibility index (Phi) is 5.80. The molecule has 0 aliphatic heterocycles. The lowest BCUT2D eigenvalue weighted by molar-refractivity contribution is 0.310. The van der Waals surface area contributed by atoms with Gasteiger partial charge >= 0.3 is 0 Å². The minimum atomic E-state index is -1.88. The molecule has 0 fully saturated rings. The minimum absolute atomic E-state index is 0.120. The third-order valence-electron chi connectivity index (χ3n) is 5.97. The normalized spacial score (nSPS) is 13.8. The van der Waals surface area contributed by atoms with Gasteiger partial charge in [0.25, 0.3) is 0 Å². The smallest absolute Gasteiger partial charge is 0.192 e. The number of hydrogen-bond acceptors (Lipinski definition) is 6. The molecule has 31 heavy (non-hydrogen) atoms. The second kappa shape index (κ2) is 8.12. The fourth-order valence-electron chi connectivity index (χ4n) is 3.16. The molecule has 164 valence electrons. The third-order valence-corrected chi connectivity index (χ3v) is 13.4. The zero-order valence-corrected chi connectivity index (χ0v) is 21.1. The van der Waals surface area contributed by atoms with Gasteiger partial charge in [-0.05, 0) is 18.1 Å². The minimum Gasteiger partial charge on any atom is -0.416 e. The molecule has 0 aliphatic carbocycles. The Labute approximate surface area is 190 Å². The van der Waals surface area contributed by atoms with Crippen LogP contribution in [0.25, 0.3) is 27.3 Å². The molecule has 1 unspecified atom stereocenters. The molecule has 0 spiro atoms. The molecule has 0 radical (unpaired) electrons. The molecule has 3 heterocycles. The van der Waals surface area contributed by atoms with Crippen molar-refractivity contribution >= 4 is 52.0 Å². The summed E-state index contributed by atoms with van der Waals surface area (Å²) in [6.07, 6.45) is 3.62. The van der Waals surface area contributed by atoms with Gasteiger partial charge in [0.2, 0.25) is 0 Å². The Morgan fingerprint density at radius 3 is 2.61 bits per heavy atom. The maximum atomic E-state index is 13.1. The van der Waals surface area contributed by atoms with Gasteiger partial charge in [-0.1, -0.05) is 51.1 Å². The molecule has 0 aliphatic rings. The first kappa shape index (κ1) is 22.1. The summed E-state index contributed by atoms with van der Waals surface area (Å²) in [5.41, 5.74) is 8.71. The van der Waals surface area contributed by atoms with E-state index in [1.165, 1.54) is 11.3 Å². The van der Waals surface area contributed by atoms with Gasteiger partial charge < -0.3 is 10.2 Å². The van der Waals surface area contributed by atoms with Gasteiger partial charge in [-0.2, -0.15) is 0 Å². The highest BCUT2D eigenvalue weighted by molar-refractivity contribution is 7.87. The van der Waals surface area contributed by atoms with Crippen LogP contribution in [0.3, 0.4) is 0 Å². The van der Waals surface area contributed by atoms with Gasteiger partial charge in [-0.25, -0.2) is 9.97 Å². The monoisotopic (exact) mass is 472 g/mol. The summed E-state index contributed by atoms with van der Waals surface area (Å²) in [5.74, 6) is 1.21. The average molecular weight is 473 g/mol. The summed E-state index contributed by atoms with van der Waals surface area (Å²) in [5, 5.41) is 0.887. The highest BCUT2D eigenvalue weighted by Crippen LogP contribution is 2.39. The largest absolute Gasteiger partial charge is 0.416 e. The van der Waals surface area contributed by atoms with E-state index in [1.807, 2.05) is 40.9 Å². The summed E-state index contributed by atoms with van der Waals surface area (Å²) in [6.45, 7) is 11.5. The molecule has 3 aromatic heterocycles. The number of hydrogen-bond donors (Lipinski definition) is 1. The SMILES string of the molecule is CC(C)(C)[Si](C)(C)OCCS(=O)c1sc2nc(-c3ccccc3)n3ccnc3c2c1N. The number of nitrogens with zero attached hydrogens (tertiary/aromatic N) is 3. The molecule has 6 nitrogen and oxygen atoms in total. The molecule has 0 amide bonds. The number of anilines is 1. The van der Waals surface area contributed by atoms with E-state index >= 15 is 0 Å². The standard InChI is InChI=1S/C22H28N4O2S2Si/c1-22(2,3)31(4,5)28-13-14-30(27)21-17(23)16-19-24-11-12-26(19)18(25-20(16)29-21)15-9-7-6-8-10-15/h6-12H,13-14,23H2,1-5H3. The highest BCUT2D eigenvalue weighted by Gasteiger charge is 2.37.